The highest BCUT2D eigenvalue weighted by atomic mass is 32.9. The van der Waals surface area contributed by atoms with Crippen molar-refractivity contribution in [1.29, 1.82) is 0 Å². The topological polar surface area (TPSA) is 37.4 Å². The molecule has 0 aliphatic carbocycles. The molecule has 6 heteroatoms. The molecule has 1 amide bonds. The van der Waals surface area contributed by atoms with Crippen LogP contribution in [-0.2, 0) is 10.3 Å². The largest absolute Gasteiger partial charge is 0.300 e. The Kier molecular flexibility index (Phi) is 2.46. The van der Waals surface area contributed by atoms with Crippen molar-refractivity contribution < 1.29 is 9.59 Å². The van der Waals surface area contributed by atoms with Gasteiger partial charge < -0.3 is 0 Å². The molecule has 0 atom stereocenters. The SMILES string of the molecule is Cc1ccc2c3c1C(=O)C(=O)N3C(C)(C)c1ssc(=S)c1-2. The van der Waals surface area contributed by atoms with E-state index in [0.29, 0.717) is 5.56 Å². The summed E-state index contributed by atoms with van der Waals surface area (Å²) in [5.74, 6) is -0.831. The number of carbonyl (C=O) groups is 2. The first-order valence-corrected chi connectivity index (χ1v) is 9.08. The average molecular weight is 333 g/mol. The number of hydrogen-bond acceptors (Lipinski definition) is 5. The van der Waals surface area contributed by atoms with Crippen molar-refractivity contribution in [3.63, 3.8) is 0 Å². The molecule has 3 heterocycles. The smallest absolute Gasteiger partial charge is 0.294 e. The van der Waals surface area contributed by atoms with E-state index in [0.717, 1.165) is 31.1 Å². The third-order valence-corrected chi connectivity index (χ3v) is 7.58. The van der Waals surface area contributed by atoms with Crippen LogP contribution >= 0.6 is 32.9 Å². The Bertz CT molecular complexity index is 904. The van der Waals surface area contributed by atoms with Crippen LogP contribution in [0.3, 0.4) is 0 Å². The van der Waals surface area contributed by atoms with Gasteiger partial charge in [-0.2, -0.15) is 0 Å². The standard InChI is InChI=1S/C15H11NO2S3/c1-6-4-5-7-9-12(20-21-14(9)19)15(2,3)16-10(7)8(6)11(17)13(16)18/h4-5H,1-3H3. The number of ketones is 1. The molecule has 0 bridgehead atoms. The molecular formula is C15H11NO2S3. The van der Waals surface area contributed by atoms with E-state index in [-0.39, 0.29) is 0 Å². The summed E-state index contributed by atoms with van der Waals surface area (Å²) in [5, 5.41) is 0. The van der Waals surface area contributed by atoms with Gasteiger partial charge in [-0.1, -0.05) is 45.0 Å². The molecule has 21 heavy (non-hydrogen) atoms. The summed E-state index contributed by atoms with van der Waals surface area (Å²) < 4.78 is 0.834. The molecule has 0 saturated heterocycles. The molecule has 0 spiro atoms. The lowest BCUT2D eigenvalue weighted by molar-refractivity contribution is -0.115. The minimum Gasteiger partial charge on any atom is -0.294 e. The summed E-state index contributed by atoms with van der Waals surface area (Å²) in [5.41, 5.74) is 3.55. The zero-order chi connectivity index (χ0) is 15.1. The molecule has 0 saturated carbocycles. The van der Waals surface area contributed by atoms with Gasteiger partial charge in [0.1, 0.15) is 3.82 Å². The predicted molar refractivity (Wildman–Crippen MR) is 88.0 cm³/mol. The van der Waals surface area contributed by atoms with Crippen molar-refractivity contribution >= 4 is 50.3 Å². The van der Waals surface area contributed by atoms with Gasteiger partial charge >= 0.3 is 0 Å². The fraction of sp³-hybridized carbons (Fsp3) is 0.267. The van der Waals surface area contributed by atoms with Crippen molar-refractivity contribution in [2.75, 3.05) is 4.90 Å². The molecule has 0 N–H and O–H groups in total. The lowest BCUT2D eigenvalue weighted by atomic mass is 9.87. The first-order chi connectivity index (χ1) is 9.85. The van der Waals surface area contributed by atoms with Gasteiger partial charge in [0.05, 0.1) is 21.7 Å². The molecule has 2 aliphatic heterocycles. The number of Topliss-reactive ketones (excluding diaryl/α,β-unsaturated/α-hetero) is 1. The number of carbonyl (C=O) groups excluding carboxylic acids is 2. The number of amides is 1. The molecular weight excluding hydrogens is 322 g/mol. The monoisotopic (exact) mass is 333 g/mol. The second-order valence-electron chi connectivity index (χ2n) is 5.84. The first-order valence-electron chi connectivity index (χ1n) is 6.52. The second-order valence-corrected chi connectivity index (χ2v) is 8.66. The van der Waals surface area contributed by atoms with E-state index < -0.39 is 17.2 Å². The van der Waals surface area contributed by atoms with Gasteiger partial charge in [0.2, 0.25) is 0 Å². The molecule has 1 aromatic carbocycles. The lowest BCUT2D eigenvalue weighted by Crippen LogP contribution is -2.46. The maximum Gasteiger partial charge on any atom is 0.300 e. The molecule has 0 unspecified atom stereocenters. The van der Waals surface area contributed by atoms with E-state index in [1.807, 2.05) is 32.9 Å². The molecule has 0 fully saturated rings. The molecule has 3 nitrogen and oxygen atoms in total. The minimum absolute atomic E-state index is 0.401. The normalized spacial score (nSPS) is 18.0. The maximum atomic E-state index is 12.5. The summed E-state index contributed by atoms with van der Waals surface area (Å²) in [6.07, 6.45) is 0. The average Bonchev–Trinajstić information content (AvgIpc) is 2.92. The van der Waals surface area contributed by atoms with Crippen LogP contribution in [0.1, 0.15) is 34.6 Å². The Morgan fingerprint density at radius 3 is 2.57 bits per heavy atom. The van der Waals surface area contributed by atoms with Crippen LogP contribution < -0.4 is 4.90 Å². The van der Waals surface area contributed by atoms with Crippen molar-refractivity contribution in [1.82, 2.24) is 0 Å². The Morgan fingerprint density at radius 1 is 1.14 bits per heavy atom. The highest BCUT2D eigenvalue weighted by Gasteiger charge is 2.51. The molecule has 106 valence electrons. The number of aryl methyl sites for hydroxylation is 1. The van der Waals surface area contributed by atoms with Crippen LogP contribution in [0, 0.1) is 10.7 Å². The van der Waals surface area contributed by atoms with Gasteiger partial charge in [-0.3, -0.25) is 14.5 Å². The van der Waals surface area contributed by atoms with E-state index in [9.17, 15) is 9.59 Å². The van der Waals surface area contributed by atoms with Crippen molar-refractivity contribution in [2.24, 2.45) is 0 Å². The Labute approximate surface area is 134 Å². The van der Waals surface area contributed by atoms with E-state index in [1.54, 1.807) is 25.6 Å². The highest BCUT2D eigenvalue weighted by Crippen LogP contribution is 2.55. The van der Waals surface area contributed by atoms with Gasteiger partial charge in [0, 0.05) is 11.1 Å². The number of nitrogens with zero attached hydrogens (tertiary/aromatic N) is 1. The van der Waals surface area contributed by atoms with Crippen molar-refractivity contribution in [3.8, 4) is 11.1 Å². The summed E-state index contributed by atoms with van der Waals surface area (Å²) in [6, 6.07) is 3.89. The highest BCUT2D eigenvalue weighted by molar-refractivity contribution is 7.80. The van der Waals surface area contributed by atoms with Gasteiger partial charge in [0.15, 0.2) is 0 Å². The van der Waals surface area contributed by atoms with Crippen LogP contribution in [0.5, 0.6) is 0 Å². The van der Waals surface area contributed by atoms with E-state index in [2.05, 4.69) is 0 Å². The zero-order valence-electron chi connectivity index (χ0n) is 11.6. The Balaban J connectivity index is 2.24. The number of rotatable bonds is 0. The van der Waals surface area contributed by atoms with E-state index in [4.69, 9.17) is 12.2 Å². The third kappa shape index (κ3) is 1.40. The summed E-state index contributed by atoms with van der Waals surface area (Å²) in [7, 11) is 3.16. The summed E-state index contributed by atoms with van der Waals surface area (Å²) in [6.45, 7) is 5.84. The quantitative estimate of drug-likeness (QED) is 0.410. The fourth-order valence-electron chi connectivity index (χ4n) is 3.25. The van der Waals surface area contributed by atoms with Crippen LogP contribution in [-0.4, -0.2) is 11.7 Å². The number of benzene rings is 1. The van der Waals surface area contributed by atoms with Crippen LogP contribution in [0.2, 0.25) is 0 Å². The molecule has 0 radical (unpaired) electrons. The van der Waals surface area contributed by atoms with Crippen LogP contribution in [0.25, 0.3) is 11.1 Å². The predicted octanol–water partition coefficient (Wildman–Crippen LogP) is 4.29. The molecule has 4 rings (SSSR count). The van der Waals surface area contributed by atoms with Crippen LogP contribution in [0.15, 0.2) is 12.1 Å². The third-order valence-electron chi connectivity index (χ3n) is 4.25. The molecule has 2 aliphatic rings. The minimum atomic E-state index is -0.535. The lowest BCUT2D eigenvalue weighted by Gasteiger charge is -2.39. The second kappa shape index (κ2) is 3.88. The van der Waals surface area contributed by atoms with E-state index >= 15 is 0 Å². The number of hydrogen-bond donors (Lipinski definition) is 0. The molecule has 1 aromatic heterocycles. The van der Waals surface area contributed by atoms with Crippen molar-refractivity contribution in [2.45, 2.75) is 26.3 Å². The van der Waals surface area contributed by atoms with Crippen molar-refractivity contribution in [3.05, 3.63) is 32.0 Å². The molecule has 2 aromatic rings. The van der Waals surface area contributed by atoms with Gasteiger partial charge in [-0.05, 0) is 26.3 Å². The summed E-state index contributed by atoms with van der Waals surface area (Å²) in [4.78, 5) is 27.7. The maximum absolute atomic E-state index is 12.5. The zero-order valence-corrected chi connectivity index (χ0v) is 14.1. The van der Waals surface area contributed by atoms with E-state index in [1.165, 1.54) is 0 Å². The number of fused-ring (bicyclic) bond motifs is 2. The van der Waals surface area contributed by atoms with Crippen LogP contribution in [0.4, 0.5) is 5.69 Å². The number of anilines is 1. The fourth-order valence-corrected chi connectivity index (χ4v) is 6.53. The van der Waals surface area contributed by atoms with Gasteiger partial charge in [-0.25, -0.2) is 0 Å². The van der Waals surface area contributed by atoms with Gasteiger partial charge in [0.25, 0.3) is 11.7 Å². The summed E-state index contributed by atoms with van der Waals surface area (Å²) >= 11 is 5.49. The Morgan fingerprint density at radius 2 is 1.86 bits per heavy atom. The van der Waals surface area contributed by atoms with Gasteiger partial charge in [-0.15, -0.1) is 0 Å². The first kappa shape index (κ1) is 13.3. The Hall–Kier alpha value is -1.37.